The lowest BCUT2D eigenvalue weighted by Crippen LogP contribution is -2.20. The van der Waals surface area contributed by atoms with Gasteiger partial charge in [-0.2, -0.15) is 4.89 Å². The van der Waals surface area contributed by atoms with Crippen molar-refractivity contribution < 1.29 is 37.6 Å². The van der Waals surface area contributed by atoms with Crippen molar-refractivity contribution in [1.29, 1.82) is 0 Å². The van der Waals surface area contributed by atoms with Crippen molar-refractivity contribution in [3.8, 4) is 5.75 Å². The maximum atomic E-state index is 14.6. The smallest absolute Gasteiger partial charge is 0.379 e. The van der Waals surface area contributed by atoms with E-state index in [0.717, 1.165) is 0 Å². The van der Waals surface area contributed by atoms with Gasteiger partial charge in [0, 0.05) is 12.7 Å². The van der Waals surface area contributed by atoms with Crippen LogP contribution in [-0.4, -0.2) is 30.4 Å². The molecule has 2 aromatic carbocycles. The van der Waals surface area contributed by atoms with Crippen LogP contribution in [-0.2, 0) is 9.78 Å². The molecule has 0 aliphatic heterocycles. The average Bonchev–Trinajstić information content (AvgIpc) is 3.56. The molecular formula is C23H28F3NO5. The summed E-state index contributed by atoms with van der Waals surface area (Å²) in [6.45, 7) is 5.63. The Morgan fingerprint density at radius 2 is 1.84 bits per heavy atom. The maximum absolute atomic E-state index is 14.6. The summed E-state index contributed by atoms with van der Waals surface area (Å²) >= 11 is 0. The Bertz CT molecular complexity index is 948. The van der Waals surface area contributed by atoms with E-state index in [1.807, 2.05) is 13.8 Å². The van der Waals surface area contributed by atoms with E-state index >= 15 is 0 Å². The highest BCUT2D eigenvalue weighted by Crippen LogP contribution is 2.44. The highest BCUT2D eigenvalue weighted by Gasteiger charge is 2.46. The summed E-state index contributed by atoms with van der Waals surface area (Å²) in [4.78, 5) is 22.8. The Hall–Kier alpha value is -2.78. The molecule has 0 aromatic heterocycles. The van der Waals surface area contributed by atoms with Gasteiger partial charge in [-0.05, 0) is 50.3 Å². The number of nitrogens with one attached hydrogen (secondary N) is 1. The Labute approximate surface area is 185 Å². The molecule has 2 aromatic rings. The van der Waals surface area contributed by atoms with Crippen LogP contribution in [0.2, 0.25) is 0 Å². The first-order valence-electron chi connectivity index (χ1n) is 10.4. The lowest BCUT2D eigenvalue weighted by molar-refractivity contribution is -0.287. The van der Waals surface area contributed by atoms with Gasteiger partial charge in [0.05, 0.1) is 18.5 Å². The van der Waals surface area contributed by atoms with E-state index in [1.54, 1.807) is 13.0 Å². The van der Waals surface area contributed by atoms with E-state index in [2.05, 4.69) is 5.32 Å². The molecule has 0 unspecified atom stereocenters. The molecule has 9 heteroatoms. The molecule has 1 saturated carbocycles. The molecule has 1 aliphatic carbocycles. The number of halogens is 3. The van der Waals surface area contributed by atoms with Crippen molar-refractivity contribution in [3.63, 3.8) is 0 Å². The second-order valence-electron chi connectivity index (χ2n) is 7.20. The zero-order chi connectivity index (χ0) is 23.9. The summed E-state index contributed by atoms with van der Waals surface area (Å²) in [6.07, 6.45) is 2.21. The zero-order valence-electron chi connectivity index (χ0n) is 18.6. The molecule has 3 rings (SSSR count). The molecule has 0 atom stereocenters. The number of benzene rings is 2. The SMILES string of the molecule is CC.COc1cc(F)c(F)c(Nc2ccc(C)cc2F)c1C(=O)OOC1(CCCO)CC1. The van der Waals surface area contributed by atoms with Crippen molar-refractivity contribution in [1.82, 2.24) is 0 Å². The first-order valence-corrected chi connectivity index (χ1v) is 10.4. The highest BCUT2D eigenvalue weighted by atomic mass is 19.2. The number of hydrogen-bond acceptors (Lipinski definition) is 6. The lowest BCUT2D eigenvalue weighted by Gasteiger charge is -2.18. The van der Waals surface area contributed by atoms with Gasteiger partial charge < -0.3 is 15.2 Å². The lowest BCUT2D eigenvalue weighted by atomic mass is 10.1. The standard InChI is InChI=1S/C21H22F3NO5.C2H6/c1-12-4-5-15(13(22)10-12)25-19-17(16(28-2)11-14(23)18(19)24)20(27)29-30-21(7-8-21)6-3-9-26;1-2/h4-5,10-11,25-26H,3,6-9H2,1-2H3;1-2H3. The van der Waals surface area contributed by atoms with Crippen molar-refractivity contribution in [3.05, 3.63) is 52.8 Å². The molecule has 2 N–H and O–H groups in total. The summed E-state index contributed by atoms with van der Waals surface area (Å²) in [6, 6.07) is 4.80. The maximum Gasteiger partial charge on any atom is 0.379 e. The van der Waals surface area contributed by atoms with Crippen molar-refractivity contribution in [2.75, 3.05) is 19.0 Å². The Morgan fingerprint density at radius 3 is 2.41 bits per heavy atom. The highest BCUT2D eigenvalue weighted by molar-refractivity contribution is 5.99. The summed E-state index contributed by atoms with van der Waals surface area (Å²) in [5.41, 5.74) is -1.34. The van der Waals surface area contributed by atoms with Gasteiger partial charge in [-0.15, -0.1) is 0 Å². The fourth-order valence-electron chi connectivity index (χ4n) is 3.02. The number of aliphatic hydroxyl groups is 1. The van der Waals surface area contributed by atoms with E-state index in [9.17, 15) is 18.0 Å². The van der Waals surface area contributed by atoms with Crippen molar-refractivity contribution in [2.45, 2.75) is 52.1 Å². The number of rotatable bonds is 9. The van der Waals surface area contributed by atoms with Crippen LogP contribution in [0.1, 0.15) is 55.5 Å². The van der Waals surface area contributed by atoms with Crippen molar-refractivity contribution >= 4 is 17.3 Å². The van der Waals surface area contributed by atoms with Crippen LogP contribution in [0.15, 0.2) is 24.3 Å². The van der Waals surface area contributed by atoms with E-state index in [1.165, 1.54) is 19.2 Å². The minimum atomic E-state index is -1.40. The normalized spacial score (nSPS) is 13.6. The van der Waals surface area contributed by atoms with Crippen LogP contribution in [0.4, 0.5) is 24.5 Å². The molecule has 0 radical (unpaired) electrons. The Kier molecular flexibility index (Phi) is 8.91. The summed E-state index contributed by atoms with van der Waals surface area (Å²) in [5.74, 6) is -4.84. The van der Waals surface area contributed by atoms with Gasteiger partial charge in [-0.25, -0.2) is 18.0 Å². The van der Waals surface area contributed by atoms with Gasteiger partial charge in [-0.1, -0.05) is 19.9 Å². The van der Waals surface area contributed by atoms with Crippen molar-refractivity contribution in [2.24, 2.45) is 0 Å². The molecule has 6 nitrogen and oxygen atoms in total. The van der Waals surface area contributed by atoms with Crippen LogP contribution < -0.4 is 10.1 Å². The predicted molar refractivity (Wildman–Crippen MR) is 113 cm³/mol. The number of ether oxygens (including phenoxy) is 1. The molecule has 176 valence electrons. The largest absolute Gasteiger partial charge is 0.496 e. The number of hydrogen-bond donors (Lipinski definition) is 2. The third-order valence-corrected chi connectivity index (χ3v) is 4.88. The first-order chi connectivity index (χ1) is 15.3. The first kappa shape index (κ1) is 25.5. The number of methoxy groups -OCH3 is 1. The fraction of sp³-hybridized carbons (Fsp3) is 0.435. The van der Waals surface area contributed by atoms with Gasteiger partial charge in [0.25, 0.3) is 0 Å². The number of aliphatic hydroxyl groups excluding tert-OH is 1. The van der Waals surface area contributed by atoms with Gasteiger partial charge in [0.15, 0.2) is 11.6 Å². The van der Waals surface area contributed by atoms with Gasteiger partial charge >= 0.3 is 5.97 Å². The van der Waals surface area contributed by atoms with Crippen LogP contribution in [0.25, 0.3) is 0 Å². The second kappa shape index (κ2) is 11.2. The average molecular weight is 455 g/mol. The minimum absolute atomic E-state index is 0.0355. The number of carbonyl (C=O) groups excluding carboxylic acids is 1. The quantitative estimate of drug-likeness (QED) is 0.380. The molecular weight excluding hydrogens is 427 g/mol. The molecule has 0 spiro atoms. The predicted octanol–water partition coefficient (Wildman–Crippen LogP) is 5.58. The fourth-order valence-corrected chi connectivity index (χ4v) is 3.02. The summed E-state index contributed by atoms with van der Waals surface area (Å²) in [5, 5.41) is 11.4. The molecule has 32 heavy (non-hydrogen) atoms. The Morgan fingerprint density at radius 1 is 1.16 bits per heavy atom. The number of anilines is 2. The Balaban J connectivity index is 0.00000176. The summed E-state index contributed by atoms with van der Waals surface area (Å²) in [7, 11) is 1.17. The van der Waals surface area contributed by atoms with Crippen LogP contribution in [0.5, 0.6) is 5.75 Å². The molecule has 0 bridgehead atoms. The van der Waals surface area contributed by atoms with Gasteiger partial charge in [-0.3, -0.25) is 4.89 Å². The van der Waals surface area contributed by atoms with E-state index in [4.69, 9.17) is 19.6 Å². The molecule has 0 amide bonds. The van der Waals surface area contributed by atoms with E-state index in [-0.39, 0.29) is 18.0 Å². The number of carbonyl (C=O) groups is 1. The van der Waals surface area contributed by atoms with E-state index in [0.29, 0.717) is 37.3 Å². The molecule has 1 fully saturated rings. The van der Waals surface area contributed by atoms with E-state index < -0.39 is 40.3 Å². The van der Waals surface area contributed by atoms with Crippen LogP contribution in [0, 0.1) is 24.4 Å². The zero-order valence-corrected chi connectivity index (χ0v) is 18.6. The minimum Gasteiger partial charge on any atom is -0.496 e. The molecule has 0 saturated heterocycles. The summed E-state index contributed by atoms with van der Waals surface area (Å²) < 4.78 is 47.9. The van der Waals surface area contributed by atoms with Gasteiger partial charge in [0.1, 0.15) is 22.7 Å². The third-order valence-electron chi connectivity index (χ3n) is 4.88. The molecule has 0 heterocycles. The third kappa shape index (κ3) is 5.92. The monoisotopic (exact) mass is 455 g/mol. The second-order valence-corrected chi connectivity index (χ2v) is 7.20. The topological polar surface area (TPSA) is 77.0 Å². The molecule has 1 aliphatic rings. The van der Waals surface area contributed by atoms with Gasteiger partial charge in [0.2, 0.25) is 0 Å². The van der Waals surface area contributed by atoms with Crippen LogP contribution >= 0.6 is 0 Å². The number of aryl methyl sites for hydroxylation is 1. The van der Waals surface area contributed by atoms with Crippen LogP contribution in [0.3, 0.4) is 0 Å².